The fourth-order valence-corrected chi connectivity index (χ4v) is 1.74. The van der Waals surface area contributed by atoms with Crippen molar-refractivity contribution < 1.29 is 14.3 Å². The van der Waals surface area contributed by atoms with Gasteiger partial charge in [-0.1, -0.05) is 13.3 Å². The Morgan fingerprint density at radius 1 is 1.38 bits per heavy atom. The highest BCUT2D eigenvalue weighted by molar-refractivity contribution is 5.95. The molecule has 0 fully saturated rings. The molecule has 0 saturated heterocycles. The lowest BCUT2D eigenvalue weighted by Gasteiger charge is -2.17. The summed E-state index contributed by atoms with van der Waals surface area (Å²) in [6.07, 6.45) is 2.00. The summed E-state index contributed by atoms with van der Waals surface area (Å²) in [6, 6.07) is 4.73. The Balaban J connectivity index is 2.59. The van der Waals surface area contributed by atoms with Gasteiger partial charge in [-0.15, -0.1) is 0 Å². The number of rotatable bonds is 7. The highest BCUT2D eigenvalue weighted by atomic mass is 16.5. The molecule has 6 nitrogen and oxygen atoms in total. The Morgan fingerprint density at radius 2 is 2.10 bits per heavy atom. The first kappa shape index (κ1) is 16.8. The third-order valence-corrected chi connectivity index (χ3v) is 3.12. The Kier molecular flexibility index (Phi) is 6.52. The number of hydrogen-bond donors (Lipinski definition) is 2. The summed E-state index contributed by atoms with van der Waals surface area (Å²) < 4.78 is 5.42. The van der Waals surface area contributed by atoms with Gasteiger partial charge >= 0.3 is 0 Å². The molecule has 1 aromatic carbocycles. The van der Waals surface area contributed by atoms with E-state index in [1.165, 1.54) is 6.07 Å². The predicted octanol–water partition coefficient (Wildman–Crippen LogP) is 1.27. The lowest BCUT2D eigenvalue weighted by molar-refractivity contribution is -0.132. The van der Waals surface area contributed by atoms with E-state index in [-0.39, 0.29) is 18.4 Å². The highest BCUT2D eigenvalue weighted by Gasteiger charge is 2.11. The van der Waals surface area contributed by atoms with E-state index < -0.39 is 0 Å². The second-order valence-electron chi connectivity index (χ2n) is 4.79. The molecule has 116 valence electrons. The van der Waals surface area contributed by atoms with E-state index in [1.54, 1.807) is 31.1 Å². The molecule has 0 atom stereocenters. The van der Waals surface area contributed by atoms with E-state index in [2.05, 4.69) is 12.2 Å². The van der Waals surface area contributed by atoms with Gasteiger partial charge in [0, 0.05) is 26.2 Å². The van der Waals surface area contributed by atoms with Crippen molar-refractivity contribution in [2.45, 2.75) is 19.8 Å². The van der Waals surface area contributed by atoms with E-state index in [0.29, 0.717) is 23.5 Å². The topological polar surface area (TPSA) is 84.7 Å². The van der Waals surface area contributed by atoms with Crippen molar-refractivity contribution in [2.24, 2.45) is 0 Å². The first-order valence-electron chi connectivity index (χ1n) is 6.98. The molecule has 1 rings (SSSR count). The summed E-state index contributed by atoms with van der Waals surface area (Å²) in [4.78, 5) is 25.0. The number of benzene rings is 1. The third-order valence-electron chi connectivity index (χ3n) is 3.12. The van der Waals surface area contributed by atoms with Gasteiger partial charge in [-0.25, -0.2) is 0 Å². The third kappa shape index (κ3) is 4.98. The Morgan fingerprint density at radius 3 is 2.67 bits per heavy atom. The van der Waals surface area contributed by atoms with Crippen LogP contribution in [0.15, 0.2) is 18.2 Å². The van der Waals surface area contributed by atoms with Crippen LogP contribution in [0.25, 0.3) is 0 Å². The van der Waals surface area contributed by atoms with Gasteiger partial charge in [-0.2, -0.15) is 0 Å². The molecule has 0 aromatic heterocycles. The van der Waals surface area contributed by atoms with Crippen molar-refractivity contribution >= 4 is 17.5 Å². The summed E-state index contributed by atoms with van der Waals surface area (Å²) in [5.41, 5.74) is 6.61. The van der Waals surface area contributed by atoms with Crippen LogP contribution >= 0.6 is 0 Å². The maximum absolute atomic E-state index is 11.9. The average molecular weight is 293 g/mol. The van der Waals surface area contributed by atoms with Crippen molar-refractivity contribution in [1.82, 2.24) is 10.2 Å². The summed E-state index contributed by atoms with van der Waals surface area (Å²) in [5, 5.41) is 2.52. The molecule has 0 saturated carbocycles. The number of nitrogens with zero attached hydrogens (tertiary/aromatic N) is 1. The molecule has 0 aliphatic rings. The van der Waals surface area contributed by atoms with Crippen LogP contribution in [0.2, 0.25) is 0 Å². The molecular weight excluding hydrogens is 270 g/mol. The van der Waals surface area contributed by atoms with Gasteiger partial charge in [0.2, 0.25) is 0 Å². The SMILES string of the molecule is CCCCN(C)C(=O)COc1ccc(C(=O)NC)cc1N. The number of carbonyl (C=O) groups is 2. The van der Waals surface area contributed by atoms with Crippen molar-refractivity contribution in [2.75, 3.05) is 33.0 Å². The largest absolute Gasteiger partial charge is 0.482 e. The molecule has 0 unspecified atom stereocenters. The van der Waals surface area contributed by atoms with Crippen molar-refractivity contribution in [1.29, 1.82) is 0 Å². The van der Waals surface area contributed by atoms with Crippen LogP contribution in [-0.2, 0) is 4.79 Å². The van der Waals surface area contributed by atoms with Crippen LogP contribution in [0, 0.1) is 0 Å². The van der Waals surface area contributed by atoms with Gasteiger partial charge in [0.05, 0.1) is 5.69 Å². The number of nitrogens with one attached hydrogen (secondary N) is 1. The zero-order chi connectivity index (χ0) is 15.8. The number of nitrogens with two attached hydrogens (primary N) is 1. The van der Waals surface area contributed by atoms with Crippen molar-refractivity contribution in [3.05, 3.63) is 23.8 Å². The van der Waals surface area contributed by atoms with E-state index in [9.17, 15) is 9.59 Å². The quantitative estimate of drug-likeness (QED) is 0.741. The van der Waals surface area contributed by atoms with E-state index in [4.69, 9.17) is 10.5 Å². The lowest BCUT2D eigenvalue weighted by Crippen LogP contribution is -2.32. The molecule has 1 aromatic rings. The Hall–Kier alpha value is -2.24. The summed E-state index contributed by atoms with van der Waals surface area (Å²) >= 11 is 0. The van der Waals surface area contributed by atoms with Gasteiger partial charge < -0.3 is 20.7 Å². The van der Waals surface area contributed by atoms with Crippen LogP contribution in [0.1, 0.15) is 30.1 Å². The molecule has 0 radical (unpaired) electrons. The summed E-state index contributed by atoms with van der Waals surface area (Å²) in [6.45, 7) is 2.72. The Labute approximate surface area is 125 Å². The molecule has 2 amide bonds. The molecule has 6 heteroatoms. The maximum atomic E-state index is 11.9. The van der Waals surface area contributed by atoms with Gasteiger partial charge in [0.15, 0.2) is 6.61 Å². The van der Waals surface area contributed by atoms with Gasteiger partial charge in [-0.3, -0.25) is 9.59 Å². The van der Waals surface area contributed by atoms with Crippen molar-refractivity contribution in [3.8, 4) is 5.75 Å². The first-order valence-corrected chi connectivity index (χ1v) is 6.98. The van der Waals surface area contributed by atoms with Gasteiger partial charge in [0.25, 0.3) is 11.8 Å². The number of carbonyl (C=O) groups excluding carboxylic acids is 2. The second-order valence-corrected chi connectivity index (χ2v) is 4.79. The van der Waals surface area contributed by atoms with E-state index in [1.807, 2.05) is 0 Å². The number of nitrogen functional groups attached to an aromatic ring is 1. The van der Waals surface area contributed by atoms with Crippen LogP contribution in [-0.4, -0.2) is 44.0 Å². The number of unbranched alkanes of at least 4 members (excludes halogenated alkanes) is 1. The smallest absolute Gasteiger partial charge is 0.260 e. The van der Waals surface area contributed by atoms with E-state index >= 15 is 0 Å². The van der Waals surface area contributed by atoms with Crippen LogP contribution in [0.5, 0.6) is 5.75 Å². The van der Waals surface area contributed by atoms with Gasteiger partial charge in [-0.05, 0) is 24.6 Å². The maximum Gasteiger partial charge on any atom is 0.260 e. The number of anilines is 1. The summed E-state index contributed by atoms with van der Waals surface area (Å²) in [7, 11) is 3.30. The number of amides is 2. The van der Waals surface area contributed by atoms with Crippen LogP contribution < -0.4 is 15.8 Å². The molecule has 3 N–H and O–H groups in total. The fourth-order valence-electron chi connectivity index (χ4n) is 1.74. The highest BCUT2D eigenvalue weighted by Crippen LogP contribution is 2.22. The molecule has 0 bridgehead atoms. The molecule has 0 aliphatic carbocycles. The molecular formula is C15H23N3O3. The van der Waals surface area contributed by atoms with Crippen LogP contribution in [0.3, 0.4) is 0 Å². The summed E-state index contributed by atoms with van der Waals surface area (Å²) in [5.74, 6) is 0.0850. The molecule has 0 aliphatic heterocycles. The normalized spacial score (nSPS) is 10.0. The minimum Gasteiger partial charge on any atom is -0.482 e. The van der Waals surface area contributed by atoms with Gasteiger partial charge in [0.1, 0.15) is 5.75 Å². The number of ether oxygens (including phenoxy) is 1. The number of likely N-dealkylation sites (N-methyl/N-ethyl adjacent to an activating group) is 1. The van der Waals surface area contributed by atoms with Crippen molar-refractivity contribution in [3.63, 3.8) is 0 Å². The zero-order valence-electron chi connectivity index (χ0n) is 12.8. The standard InChI is InChI=1S/C15H23N3O3/c1-4-5-8-18(3)14(19)10-21-13-7-6-11(9-12(13)16)15(20)17-2/h6-7,9H,4-5,8,10,16H2,1-3H3,(H,17,20). The fraction of sp³-hybridized carbons (Fsp3) is 0.467. The first-order chi connectivity index (χ1) is 9.99. The van der Waals surface area contributed by atoms with Crippen LogP contribution in [0.4, 0.5) is 5.69 Å². The minimum atomic E-state index is -0.219. The minimum absolute atomic E-state index is 0.0657. The lowest BCUT2D eigenvalue weighted by atomic mass is 10.2. The molecule has 21 heavy (non-hydrogen) atoms. The molecule has 0 spiro atoms. The average Bonchev–Trinajstić information content (AvgIpc) is 2.50. The zero-order valence-corrected chi connectivity index (χ0v) is 12.8. The monoisotopic (exact) mass is 293 g/mol. The Bertz CT molecular complexity index is 503. The predicted molar refractivity (Wildman–Crippen MR) is 82.3 cm³/mol. The molecule has 0 heterocycles. The van der Waals surface area contributed by atoms with E-state index in [0.717, 1.165) is 12.8 Å². The number of hydrogen-bond acceptors (Lipinski definition) is 4. The second kappa shape index (κ2) is 8.14.